The van der Waals surface area contributed by atoms with E-state index in [4.69, 9.17) is 4.42 Å². The molecule has 0 saturated carbocycles. The van der Waals surface area contributed by atoms with Crippen LogP contribution in [0.25, 0.3) is 0 Å². The molecule has 0 aliphatic heterocycles. The maximum Gasteiger partial charge on any atom is 0.115 e. The molecule has 2 atom stereocenters. The van der Waals surface area contributed by atoms with Crippen molar-refractivity contribution in [2.24, 2.45) is 0 Å². The second-order valence-corrected chi connectivity index (χ2v) is 4.26. The van der Waals surface area contributed by atoms with Crippen molar-refractivity contribution in [3.8, 4) is 5.75 Å². The summed E-state index contributed by atoms with van der Waals surface area (Å²) >= 11 is 0. The molecule has 1 aromatic carbocycles. The van der Waals surface area contributed by atoms with Crippen LogP contribution in [0.5, 0.6) is 5.75 Å². The van der Waals surface area contributed by atoms with E-state index < -0.39 is 0 Å². The van der Waals surface area contributed by atoms with Gasteiger partial charge in [-0.1, -0.05) is 12.1 Å². The monoisotopic (exact) mass is 231 g/mol. The van der Waals surface area contributed by atoms with Gasteiger partial charge in [0.15, 0.2) is 0 Å². The first kappa shape index (κ1) is 11.7. The van der Waals surface area contributed by atoms with Gasteiger partial charge in [-0.25, -0.2) is 0 Å². The summed E-state index contributed by atoms with van der Waals surface area (Å²) in [4.78, 5) is 0. The average Bonchev–Trinajstić information content (AvgIpc) is 2.82. The van der Waals surface area contributed by atoms with Crippen LogP contribution in [0, 0.1) is 0 Å². The zero-order chi connectivity index (χ0) is 12.3. The van der Waals surface area contributed by atoms with Crippen molar-refractivity contribution < 1.29 is 9.52 Å². The number of phenols is 1. The Morgan fingerprint density at radius 3 is 2.53 bits per heavy atom. The largest absolute Gasteiger partial charge is 0.508 e. The van der Waals surface area contributed by atoms with Crippen LogP contribution in [-0.4, -0.2) is 5.11 Å². The number of hydrogen-bond donors (Lipinski definition) is 2. The lowest BCUT2D eigenvalue weighted by Crippen LogP contribution is -2.22. The van der Waals surface area contributed by atoms with Crippen molar-refractivity contribution in [2.45, 2.75) is 25.9 Å². The van der Waals surface area contributed by atoms with Crippen molar-refractivity contribution in [1.29, 1.82) is 0 Å². The average molecular weight is 231 g/mol. The smallest absolute Gasteiger partial charge is 0.115 e. The van der Waals surface area contributed by atoms with E-state index in [1.54, 1.807) is 24.7 Å². The molecular weight excluding hydrogens is 214 g/mol. The zero-order valence-electron chi connectivity index (χ0n) is 10.1. The summed E-state index contributed by atoms with van der Waals surface area (Å²) < 4.78 is 5.06. The molecule has 2 N–H and O–H groups in total. The summed E-state index contributed by atoms with van der Waals surface area (Å²) in [6, 6.07) is 9.64. The van der Waals surface area contributed by atoms with Crippen LogP contribution in [0.2, 0.25) is 0 Å². The van der Waals surface area contributed by atoms with E-state index in [0.29, 0.717) is 5.75 Å². The van der Waals surface area contributed by atoms with Gasteiger partial charge in [-0.05, 0) is 37.6 Å². The van der Waals surface area contributed by atoms with Gasteiger partial charge >= 0.3 is 0 Å². The molecule has 2 rings (SSSR count). The van der Waals surface area contributed by atoms with Gasteiger partial charge in [-0.3, -0.25) is 0 Å². The van der Waals surface area contributed by atoms with Gasteiger partial charge in [-0.15, -0.1) is 0 Å². The van der Waals surface area contributed by atoms with Crippen molar-refractivity contribution in [3.63, 3.8) is 0 Å². The summed E-state index contributed by atoms with van der Waals surface area (Å²) in [5.74, 6) is 0.298. The standard InChI is InChI=1S/C14H17NO2/c1-10(12-4-3-5-14(16)8-12)15-11(2)13-6-7-17-9-13/h3-11,15-16H,1-2H3. The van der Waals surface area contributed by atoms with E-state index in [0.717, 1.165) is 11.1 Å². The van der Waals surface area contributed by atoms with Crippen molar-refractivity contribution in [3.05, 3.63) is 54.0 Å². The molecule has 17 heavy (non-hydrogen) atoms. The highest BCUT2D eigenvalue weighted by atomic mass is 16.3. The number of phenolic OH excluding ortho intramolecular Hbond substituents is 1. The predicted octanol–water partition coefficient (Wildman–Crippen LogP) is 3.40. The van der Waals surface area contributed by atoms with Gasteiger partial charge in [0, 0.05) is 17.6 Å². The van der Waals surface area contributed by atoms with Crippen LogP contribution in [0.3, 0.4) is 0 Å². The van der Waals surface area contributed by atoms with Crippen LogP contribution in [0.4, 0.5) is 0 Å². The Labute approximate surface area is 101 Å². The first-order valence-electron chi connectivity index (χ1n) is 5.74. The summed E-state index contributed by atoms with van der Waals surface area (Å²) in [5, 5.41) is 12.9. The first-order chi connectivity index (χ1) is 8.16. The Morgan fingerprint density at radius 2 is 1.88 bits per heavy atom. The fourth-order valence-electron chi connectivity index (χ4n) is 1.88. The number of hydrogen-bond acceptors (Lipinski definition) is 3. The van der Waals surface area contributed by atoms with Crippen molar-refractivity contribution in [2.75, 3.05) is 0 Å². The Kier molecular flexibility index (Phi) is 3.49. The van der Waals surface area contributed by atoms with Gasteiger partial charge in [0.25, 0.3) is 0 Å². The molecule has 0 saturated heterocycles. The minimum atomic E-state index is 0.173. The van der Waals surface area contributed by atoms with E-state index >= 15 is 0 Å². The molecule has 0 fully saturated rings. The third kappa shape index (κ3) is 2.88. The first-order valence-corrected chi connectivity index (χ1v) is 5.74. The lowest BCUT2D eigenvalue weighted by atomic mass is 10.1. The van der Waals surface area contributed by atoms with Gasteiger partial charge in [0.2, 0.25) is 0 Å². The normalized spacial score (nSPS) is 14.5. The Hall–Kier alpha value is -1.74. The molecule has 0 spiro atoms. The van der Waals surface area contributed by atoms with Gasteiger partial charge in [-0.2, -0.15) is 0 Å². The summed E-state index contributed by atoms with van der Waals surface area (Å²) in [7, 11) is 0. The molecule has 0 radical (unpaired) electrons. The second-order valence-electron chi connectivity index (χ2n) is 4.26. The van der Waals surface area contributed by atoms with E-state index in [-0.39, 0.29) is 12.1 Å². The third-order valence-electron chi connectivity index (χ3n) is 2.91. The third-order valence-corrected chi connectivity index (χ3v) is 2.91. The fraction of sp³-hybridized carbons (Fsp3) is 0.286. The Bertz CT molecular complexity index is 465. The minimum Gasteiger partial charge on any atom is -0.508 e. The predicted molar refractivity (Wildman–Crippen MR) is 66.8 cm³/mol. The summed E-state index contributed by atoms with van der Waals surface area (Å²) in [6.07, 6.45) is 3.42. The maximum atomic E-state index is 9.44. The highest BCUT2D eigenvalue weighted by Gasteiger charge is 2.12. The zero-order valence-corrected chi connectivity index (χ0v) is 10.1. The molecular formula is C14H17NO2. The number of aromatic hydroxyl groups is 1. The van der Waals surface area contributed by atoms with Crippen LogP contribution < -0.4 is 5.32 Å². The molecule has 0 aliphatic rings. The van der Waals surface area contributed by atoms with E-state index in [1.807, 2.05) is 18.2 Å². The lowest BCUT2D eigenvalue weighted by molar-refractivity contribution is 0.465. The molecule has 90 valence electrons. The molecule has 2 aromatic rings. The lowest BCUT2D eigenvalue weighted by Gasteiger charge is -2.19. The van der Waals surface area contributed by atoms with Gasteiger partial charge in [0.1, 0.15) is 5.75 Å². The summed E-state index contributed by atoms with van der Waals surface area (Å²) in [6.45, 7) is 4.16. The van der Waals surface area contributed by atoms with E-state index in [1.165, 1.54) is 0 Å². The van der Waals surface area contributed by atoms with Crippen LogP contribution in [-0.2, 0) is 0 Å². The Balaban J connectivity index is 2.04. The maximum absolute atomic E-state index is 9.44. The van der Waals surface area contributed by atoms with Crippen LogP contribution in [0.1, 0.15) is 37.1 Å². The number of furan rings is 1. The van der Waals surface area contributed by atoms with Crippen molar-refractivity contribution >= 4 is 0 Å². The van der Waals surface area contributed by atoms with Crippen LogP contribution in [0.15, 0.2) is 47.3 Å². The molecule has 3 nitrogen and oxygen atoms in total. The molecule has 0 aliphatic carbocycles. The van der Waals surface area contributed by atoms with E-state index in [2.05, 4.69) is 19.2 Å². The second kappa shape index (κ2) is 5.06. The fourth-order valence-corrected chi connectivity index (χ4v) is 1.88. The SMILES string of the molecule is CC(NC(C)c1cccc(O)c1)c1ccoc1. The minimum absolute atomic E-state index is 0.173. The molecule has 1 aromatic heterocycles. The van der Waals surface area contributed by atoms with Crippen molar-refractivity contribution in [1.82, 2.24) is 5.32 Å². The topological polar surface area (TPSA) is 45.4 Å². The highest BCUT2D eigenvalue weighted by Crippen LogP contribution is 2.21. The van der Waals surface area contributed by atoms with E-state index in [9.17, 15) is 5.11 Å². The number of nitrogens with one attached hydrogen (secondary N) is 1. The summed E-state index contributed by atoms with van der Waals surface area (Å²) in [5.41, 5.74) is 2.19. The molecule has 2 unspecified atom stereocenters. The number of rotatable bonds is 4. The quantitative estimate of drug-likeness (QED) is 0.847. The molecule has 3 heteroatoms. The highest BCUT2D eigenvalue weighted by molar-refractivity contribution is 5.29. The van der Waals surface area contributed by atoms with Gasteiger partial charge < -0.3 is 14.8 Å². The van der Waals surface area contributed by atoms with Crippen LogP contribution >= 0.6 is 0 Å². The molecule has 0 bridgehead atoms. The molecule has 1 heterocycles. The Morgan fingerprint density at radius 1 is 1.12 bits per heavy atom. The number of benzene rings is 1. The molecule has 0 amide bonds. The van der Waals surface area contributed by atoms with Gasteiger partial charge in [0.05, 0.1) is 12.5 Å².